The molecule has 0 saturated carbocycles. The molecule has 0 aromatic carbocycles. The maximum atomic E-state index is 4.34. The van der Waals surface area contributed by atoms with Gasteiger partial charge in [-0.1, -0.05) is 0 Å². The predicted molar refractivity (Wildman–Crippen MR) is 65.7 cm³/mol. The van der Waals surface area contributed by atoms with Crippen molar-refractivity contribution in [3.8, 4) is 0 Å². The molecule has 4 nitrogen and oxygen atoms in total. The molecule has 0 amide bonds. The summed E-state index contributed by atoms with van der Waals surface area (Å²) < 4.78 is 0. The van der Waals surface area contributed by atoms with Gasteiger partial charge in [-0.05, 0) is 32.9 Å². The molecule has 0 fully saturated rings. The third-order valence-corrected chi connectivity index (χ3v) is 3.27. The molecular formula is C11H14N4S. The molecular weight excluding hydrogens is 220 g/mol. The minimum Gasteiger partial charge on any atom is -0.360 e. The van der Waals surface area contributed by atoms with Crippen molar-refractivity contribution in [1.29, 1.82) is 0 Å². The van der Waals surface area contributed by atoms with Crippen molar-refractivity contribution in [1.82, 2.24) is 15.2 Å². The zero-order chi connectivity index (χ0) is 11.5. The molecule has 0 aliphatic carbocycles. The summed E-state index contributed by atoms with van der Waals surface area (Å²) in [4.78, 5) is 5.56. The molecule has 16 heavy (non-hydrogen) atoms. The minimum atomic E-state index is 0.163. The first-order valence-electron chi connectivity index (χ1n) is 5.14. The number of hydrogen-bond acceptors (Lipinski definition) is 5. The van der Waals surface area contributed by atoms with Crippen LogP contribution >= 0.6 is 11.3 Å². The first kappa shape index (κ1) is 11.0. The number of rotatable bonds is 3. The van der Waals surface area contributed by atoms with E-state index in [1.54, 1.807) is 11.3 Å². The summed E-state index contributed by atoms with van der Waals surface area (Å²) in [5, 5.41) is 12.4. The molecule has 0 aliphatic rings. The van der Waals surface area contributed by atoms with Gasteiger partial charge in [0, 0.05) is 11.1 Å². The van der Waals surface area contributed by atoms with Gasteiger partial charge in [0.1, 0.15) is 10.8 Å². The van der Waals surface area contributed by atoms with Gasteiger partial charge in [0.2, 0.25) is 0 Å². The van der Waals surface area contributed by atoms with Crippen LogP contribution in [0.4, 0.5) is 5.82 Å². The van der Waals surface area contributed by atoms with Crippen LogP contribution in [0.3, 0.4) is 0 Å². The summed E-state index contributed by atoms with van der Waals surface area (Å²) >= 11 is 1.70. The average Bonchev–Trinajstić information content (AvgIpc) is 2.68. The lowest BCUT2D eigenvalue weighted by Gasteiger charge is -2.10. The highest BCUT2D eigenvalue weighted by Crippen LogP contribution is 2.21. The smallest absolute Gasteiger partial charge is 0.149 e. The van der Waals surface area contributed by atoms with Gasteiger partial charge < -0.3 is 5.32 Å². The number of anilines is 1. The standard InChI is InChI=1S/C11H14N4S/c1-7-4-5-10(15-14-7)13-9(3)11-12-6-8(2)16-11/h4-6,9H,1-3H3,(H,13,15). The van der Waals surface area contributed by atoms with Gasteiger partial charge in [-0.25, -0.2) is 4.98 Å². The quantitative estimate of drug-likeness (QED) is 0.887. The second-order valence-electron chi connectivity index (χ2n) is 3.74. The Labute approximate surface area is 98.8 Å². The molecule has 0 spiro atoms. The van der Waals surface area contributed by atoms with Crippen molar-refractivity contribution in [2.75, 3.05) is 5.32 Å². The molecule has 2 rings (SSSR count). The van der Waals surface area contributed by atoms with Crippen LogP contribution < -0.4 is 5.32 Å². The molecule has 2 aromatic heterocycles. The Morgan fingerprint density at radius 2 is 2.06 bits per heavy atom. The lowest BCUT2D eigenvalue weighted by atomic mass is 10.3. The van der Waals surface area contributed by atoms with E-state index >= 15 is 0 Å². The van der Waals surface area contributed by atoms with E-state index in [1.165, 1.54) is 4.88 Å². The molecule has 84 valence electrons. The average molecular weight is 234 g/mol. The summed E-state index contributed by atoms with van der Waals surface area (Å²) in [6.07, 6.45) is 1.89. The Bertz CT molecular complexity index is 463. The zero-order valence-electron chi connectivity index (χ0n) is 9.56. The maximum Gasteiger partial charge on any atom is 0.149 e. The van der Waals surface area contributed by atoms with Gasteiger partial charge in [-0.3, -0.25) is 0 Å². The molecule has 1 unspecified atom stereocenters. The van der Waals surface area contributed by atoms with Gasteiger partial charge in [0.15, 0.2) is 0 Å². The van der Waals surface area contributed by atoms with Crippen molar-refractivity contribution in [2.24, 2.45) is 0 Å². The topological polar surface area (TPSA) is 50.7 Å². The van der Waals surface area contributed by atoms with Crippen LogP contribution in [0.5, 0.6) is 0 Å². The molecule has 0 saturated heterocycles. The Hall–Kier alpha value is -1.49. The van der Waals surface area contributed by atoms with Crippen molar-refractivity contribution < 1.29 is 0 Å². The molecule has 2 heterocycles. The maximum absolute atomic E-state index is 4.34. The van der Waals surface area contributed by atoms with Gasteiger partial charge >= 0.3 is 0 Å². The summed E-state index contributed by atoms with van der Waals surface area (Å²) in [5.41, 5.74) is 0.920. The Kier molecular flexibility index (Phi) is 3.14. The van der Waals surface area contributed by atoms with Gasteiger partial charge in [-0.15, -0.1) is 16.4 Å². The Balaban J connectivity index is 2.07. The van der Waals surface area contributed by atoms with Crippen LogP contribution in [0.25, 0.3) is 0 Å². The number of aromatic nitrogens is 3. The second kappa shape index (κ2) is 4.57. The molecule has 5 heteroatoms. The number of hydrogen-bond donors (Lipinski definition) is 1. The summed E-state index contributed by atoms with van der Waals surface area (Å²) in [6.45, 7) is 6.05. The van der Waals surface area contributed by atoms with Crippen LogP contribution in [0, 0.1) is 13.8 Å². The lowest BCUT2D eigenvalue weighted by Crippen LogP contribution is -2.08. The van der Waals surface area contributed by atoms with Crippen LogP contribution in [-0.4, -0.2) is 15.2 Å². The monoisotopic (exact) mass is 234 g/mol. The lowest BCUT2D eigenvalue weighted by molar-refractivity contribution is 0.844. The summed E-state index contributed by atoms with van der Waals surface area (Å²) in [5.74, 6) is 0.783. The highest BCUT2D eigenvalue weighted by Gasteiger charge is 2.09. The molecule has 0 bridgehead atoms. The van der Waals surface area contributed by atoms with Crippen molar-refractivity contribution in [3.63, 3.8) is 0 Å². The van der Waals surface area contributed by atoms with E-state index in [0.717, 1.165) is 16.5 Å². The van der Waals surface area contributed by atoms with Crippen LogP contribution in [0.1, 0.15) is 28.5 Å². The zero-order valence-corrected chi connectivity index (χ0v) is 10.4. The van der Waals surface area contributed by atoms with Crippen molar-refractivity contribution in [2.45, 2.75) is 26.8 Å². The van der Waals surface area contributed by atoms with E-state index in [4.69, 9.17) is 0 Å². The van der Waals surface area contributed by atoms with Crippen LogP contribution in [-0.2, 0) is 0 Å². The van der Waals surface area contributed by atoms with Crippen LogP contribution in [0.2, 0.25) is 0 Å². The molecule has 0 radical (unpaired) electrons. The number of thiazole rings is 1. The van der Waals surface area contributed by atoms with Gasteiger partial charge in [0.05, 0.1) is 11.7 Å². The normalized spacial score (nSPS) is 12.4. The van der Waals surface area contributed by atoms with E-state index in [9.17, 15) is 0 Å². The van der Waals surface area contributed by atoms with E-state index in [2.05, 4.69) is 34.3 Å². The third kappa shape index (κ3) is 2.55. The first-order chi connectivity index (χ1) is 7.65. The SMILES string of the molecule is Cc1ccc(NC(C)c2ncc(C)s2)nn1. The highest BCUT2D eigenvalue weighted by atomic mass is 32.1. The van der Waals surface area contributed by atoms with E-state index < -0.39 is 0 Å². The number of aryl methyl sites for hydroxylation is 2. The van der Waals surface area contributed by atoms with E-state index in [-0.39, 0.29) is 6.04 Å². The molecule has 2 aromatic rings. The summed E-state index contributed by atoms with van der Waals surface area (Å²) in [7, 11) is 0. The number of nitrogens with zero attached hydrogens (tertiary/aromatic N) is 3. The van der Waals surface area contributed by atoms with E-state index in [1.807, 2.05) is 25.3 Å². The molecule has 1 N–H and O–H groups in total. The predicted octanol–water partition coefficient (Wildman–Crippen LogP) is 2.72. The van der Waals surface area contributed by atoms with Crippen molar-refractivity contribution in [3.05, 3.63) is 33.9 Å². The molecule has 1 atom stereocenters. The Morgan fingerprint density at radius 1 is 1.25 bits per heavy atom. The largest absolute Gasteiger partial charge is 0.360 e. The van der Waals surface area contributed by atoms with Crippen molar-refractivity contribution >= 4 is 17.2 Å². The third-order valence-electron chi connectivity index (χ3n) is 2.17. The fraction of sp³-hybridized carbons (Fsp3) is 0.364. The fourth-order valence-electron chi connectivity index (χ4n) is 1.33. The van der Waals surface area contributed by atoms with E-state index in [0.29, 0.717) is 0 Å². The second-order valence-corrected chi connectivity index (χ2v) is 5.00. The summed E-state index contributed by atoms with van der Waals surface area (Å²) in [6, 6.07) is 4.03. The minimum absolute atomic E-state index is 0.163. The highest BCUT2D eigenvalue weighted by molar-refractivity contribution is 7.11. The number of nitrogens with one attached hydrogen (secondary N) is 1. The first-order valence-corrected chi connectivity index (χ1v) is 5.96. The molecule has 0 aliphatic heterocycles. The van der Waals surface area contributed by atoms with Gasteiger partial charge in [-0.2, -0.15) is 5.10 Å². The Morgan fingerprint density at radius 3 is 2.62 bits per heavy atom. The van der Waals surface area contributed by atoms with Crippen LogP contribution in [0.15, 0.2) is 18.3 Å². The fourth-order valence-corrected chi connectivity index (χ4v) is 2.11. The van der Waals surface area contributed by atoms with Gasteiger partial charge in [0.25, 0.3) is 0 Å².